The lowest BCUT2D eigenvalue weighted by Crippen LogP contribution is -1.80. The van der Waals surface area contributed by atoms with Gasteiger partial charge in [0.1, 0.15) is 3.53 Å². The van der Waals surface area contributed by atoms with E-state index in [1.54, 1.807) is 11.8 Å². The first-order chi connectivity index (χ1) is 5.29. The summed E-state index contributed by atoms with van der Waals surface area (Å²) in [6.45, 7) is 0. The molecule has 0 aliphatic heterocycles. The molecule has 0 spiro atoms. The number of thiocarbonyl (C=S) groups is 1. The van der Waals surface area contributed by atoms with E-state index in [0.29, 0.717) is 3.53 Å². The zero-order chi connectivity index (χ0) is 8.10. The summed E-state index contributed by atoms with van der Waals surface area (Å²) in [5.41, 5.74) is 1.29. The number of rotatable bonds is 2. The van der Waals surface area contributed by atoms with Crippen LogP contribution in [0.5, 0.6) is 0 Å². The number of hydrogen-bond donors (Lipinski definition) is 1. The molecule has 0 aliphatic carbocycles. The van der Waals surface area contributed by atoms with Crippen molar-refractivity contribution in [3.8, 4) is 0 Å². The molecular formula is C8H8S3. The normalized spacial score (nSPS) is 9.55. The second-order valence-electron chi connectivity index (χ2n) is 2.04. The predicted octanol–water partition coefficient (Wildman–Crippen LogP) is 3.13. The maximum absolute atomic E-state index is 4.82. The number of thioether (sulfide) groups is 1. The highest BCUT2D eigenvalue weighted by molar-refractivity contribution is 8.41. The average molecular weight is 200 g/mol. The molecule has 1 aromatic rings. The molecule has 0 saturated heterocycles. The summed E-state index contributed by atoms with van der Waals surface area (Å²) in [6.07, 6.45) is 0. The molecule has 3 heteroatoms. The minimum absolute atomic E-state index is 0.703. The number of benzene rings is 1. The van der Waals surface area contributed by atoms with Crippen LogP contribution in [0.1, 0.15) is 5.56 Å². The molecule has 0 heterocycles. The molecule has 0 bridgehead atoms. The Hall–Kier alpha value is 0.01000. The van der Waals surface area contributed by atoms with Gasteiger partial charge >= 0.3 is 0 Å². The first-order valence-electron chi connectivity index (χ1n) is 3.18. The molecule has 0 radical (unpaired) electrons. The Morgan fingerprint density at radius 1 is 1.36 bits per heavy atom. The Morgan fingerprint density at radius 2 is 2.00 bits per heavy atom. The van der Waals surface area contributed by atoms with Gasteiger partial charge in [0.15, 0.2) is 0 Å². The van der Waals surface area contributed by atoms with Crippen molar-refractivity contribution in [1.82, 2.24) is 0 Å². The van der Waals surface area contributed by atoms with Gasteiger partial charge in [-0.25, -0.2) is 0 Å². The lowest BCUT2D eigenvalue weighted by Gasteiger charge is -1.97. The monoisotopic (exact) mass is 200 g/mol. The minimum Gasteiger partial charge on any atom is -0.125 e. The molecule has 1 aromatic carbocycles. The Labute approximate surface area is 81.8 Å². The van der Waals surface area contributed by atoms with Crippen molar-refractivity contribution in [2.75, 3.05) is 0 Å². The summed E-state index contributed by atoms with van der Waals surface area (Å²) in [5, 5.41) is 0. The SMILES string of the molecule is S=C(S)SCc1ccccc1. The first kappa shape index (κ1) is 9.10. The van der Waals surface area contributed by atoms with E-state index < -0.39 is 0 Å². The lowest BCUT2D eigenvalue weighted by atomic mass is 10.2. The number of hydrogen-bond acceptors (Lipinski definition) is 2. The van der Waals surface area contributed by atoms with E-state index >= 15 is 0 Å². The van der Waals surface area contributed by atoms with E-state index in [9.17, 15) is 0 Å². The van der Waals surface area contributed by atoms with Crippen LogP contribution in [0.25, 0.3) is 0 Å². The van der Waals surface area contributed by atoms with Crippen LogP contribution < -0.4 is 0 Å². The third-order valence-electron chi connectivity index (χ3n) is 1.21. The van der Waals surface area contributed by atoms with Crippen molar-refractivity contribution >= 4 is 40.1 Å². The highest BCUT2D eigenvalue weighted by atomic mass is 32.2. The Bertz CT molecular complexity index is 230. The van der Waals surface area contributed by atoms with E-state index in [2.05, 4.69) is 24.8 Å². The Morgan fingerprint density at radius 3 is 2.55 bits per heavy atom. The summed E-state index contributed by atoms with van der Waals surface area (Å²) in [6, 6.07) is 10.2. The molecule has 0 fully saturated rings. The van der Waals surface area contributed by atoms with Gasteiger partial charge in [-0.2, -0.15) is 0 Å². The van der Waals surface area contributed by atoms with Gasteiger partial charge in [0.05, 0.1) is 0 Å². The summed E-state index contributed by atoms with van der Waals surface area (Å²) < 4.78 is 0.703. The summed E-state index contributed by atoms with van der Waals surface area (Å²) >= 11 is 10.4. The first-order valence-corrected chi connectivity index (χ1v) is 5.03. The highest BCUT2D eigenvalue weighted by Gasteiger charge is 1.92. The molecule has 0 amide bonds. The van der Waals surface area contributed by atoms with Crippen LogP contribution in [-0.4, -0.2) is 3.53 Å². The zero-order valence-electron chi connectivity index (χ0n) is 5.86. The van der Waals surface area contributed by atoms with E-state index in [-0.39, 0.29) is 0 Å². The fourth-order valence-electron chi connectivity index (χ4n) is 0.719. The van der Waals surface area contributed by atoms with Gasteiger partial charge in [-0.1, -0.05) is 42.5 Å². The Kier molecular flexibility index (Phi) is 3.97. The van der Waals surface area contributed by atoms with Gasteiger partial charge in [0, 0.05) is 5.75 Å². The third kappa shape index (κ3) is 3.79. The van der Waals surface area contributed by atoms with Crippen molar-refractivity contribution in [2.45, 2.75) is 5.75 Å². The Balaban J connectivity index is 2.45. The van der Waals surface area contributed by atoms with Gasteiger partial charge in [0.2, 0.25) is 0 Å². The van der Waals surface area contributed by atoms with Crippen molar-refractivity contribution in [3.63, 3.8) is 0 Å². The maximum atomic E-state index is 4.82. The predicted molar refractivity (Wildman–Crippen MR) is 59.3 cm³/mol. The average Bonchev–Trinajstić information content (AvgIpc) is 2.03. The third-order valence-corrected chi connectivity index (χ3v) is 2.67. The second kappa shape index (κ2) is 4.80. The van der Waals surface area contributed by atoms with Gasteiger partial charge in [-0.3, -0.25) is 0 Å². The van der Waals surface area contributed by atoms with Gasteiger partial charge in [0.25, 0.3) is 0 Å². The molecule has 0 N–H and O–H groups in total. The topological polar surface area (TPSA) is 0 Å². The summed E-state index contributed by atoms with van der Waals surface area (Å²) in [5.74, 6) is 0.920. The molecule has 11 heavy (non-hydrogen) atoms. The van der Waals surface area contributed by atoms with Crippen LogP contribution in [-0.2, 0) is 5.75 Å². The molecule has 0 aromatic heterocycles. The van der Waals surface area contributed by atoms with E-state index in [1.165, 1.54) is 5.56 Å². The maximum Gasteiger partial charge on any atom is 0.101 e. The lowest BCUT2D eigenvalue weighted by molar-refractivity contribution is 1.43. The van der Waals surface area contributed by atoms with Crippen LogP contribution in [0.2, 0.25) is 0 Å². The smallest absolute Gasteiger partial charge is 0.101 e. The van der Waals surface area contributed by atoms with Crippen LogP contribution in [0, 0.1) is 0 Å². The van der Waals surface area contributed by atoms with Crippen LogP contribution >= 0.6 is 36.6 Å². The molecule has 58 valence electrons. The standard InChI is InChI=1S/C8H8S3/c9-8(10)11-6-7-4-2-1-3-5-7/h1-5H,6H2,(H,9,10). The van der Waals surface area contributed by atoms with Crippen LogP contribution in [0.4, 0.5) is 0 Å². The zero-order valence-corrected chi connectivity index (χ0v) is 8.38. The van der Waals surface area contributed by atoms with E-state index in [1.807, 2.05) is 18.2 Å². The van der Waals surface area contributed by atoms with Crippen LogP contribution in [0.15, 0.2) is 30.3 Å². The van der Waals surface area contributed by atoms with Crippen molar-refractivity contribution in [2.24, 2.45) is 0 Å². The van der Waals surface area contributed by atoms with Gasteiger partial charge in [-0.05, 0) is 5.56 Å². The summed E-state index contributed by atoms with van der Waals surface area (Å²) in [7, 11) is 0. The number of thiol groups is 1. The van der Waals surface area contributed by atoms with Crippen molar-refractivity contribution in [1.29, 1.82) is 0 Å². The van der Waals surface area contributed by atoms with Crippen molar-refractivity contribution in [3.05, 3.63) is 35.9 Å². The second-order valence-corrected chi connectivity index (χ2v) is 4.74. The van der Waals surface area contributed by atoms with Crippen LogP contribution in [0.3, 0.4) is 0 Å². The highest BCUT2D eigenvalue weighted by Crippen LogP contribution is 2.14. The fraction of sp³-hybridized carbons (Fsp3) is 0.125. The van der Waals surface area contributed by atoms with E-state index in [0.717, 1.165) is 5.75 Å². The van der Waals surface area contributed by atoms with Gasteiger partial charge < -0.3 is 0 Å². The van der Waals surface area contributed by atoms with Crippen molar-refractivity contribution < 1.29 is 0 Å². The quantitative estimate of drug-likeness (QED) is 0.575. The molecule has 0 unspecified atom stereocenters. The fourth-order valence-corrected chi connectivity index (χ4v) is 1.57. The minimum atomic E-state index is 0.703. The van der Waals surface area contributed by atoms with E-state index in [4.69, 9.17) is 12.2 Å². The molecule has 1 rings (SSSR count). The van der Waals surface area contributed by atoms with Gasteiger partial charge in [-0.15, -0.1) is 24.4 Å². The molecular weight excluding hydrogens is 192 g/mol. The summed E-state index contributed by atoms with van der Waals surface area (Å²) in [4.78, 5) is 0. The largest absolute Gasteiger partial charge is 0.125 e. The molecule has 0 nitrogen and oxygen atoms in total. The molecule has 0 atom stereocenters. The molecule has 0 saturated carbocycles. The molecule has 0 aliphatic rings.